The Labute approximate surface area is 126 Å². The minimum absolute atomic E-state index is 0.250. The minimum Gasteiger partial charge on any atom is -0.438 e. The number of nitrogens with one attached hydrogen (secondary N) is 1. The zero-order valence-electron chi connectivity index (χ0n) is 13.6. The normalized spacial score (nSPS) is 10.8. The lowest BCUT2D eigenvalue weighted by Crippen LogP contribution is -2.04. The molecule has 0 spiro atoms. The molecule has 0 fully saturated rings. The first kappa shape index (κ1) is 15.3. The molecule has 4 heteroatoms. The highest BCUT2D eigenvalue weighted by molar-refractivity contribution is 5.47. The summed E-state index contributed by atoms with van der Waals surface area (Å²) in [6.45, 7) is 10.3. The van der Waals surface area contributed by atoms with Crippen molar-refractivity contribution in [1.29, 1.82) is 0 Å². The topological polar surface area (TPSA) is 47.0 Å². The maximum atomic E-state index is 6.06. The largest absolute Gasteiger partial charge is 0.438 e. The standard InChI is InChI=1S/C17H23N3O/c1-10(2)17-19-14(18-6)9-15(20-17)21-16-12(4)8-7-11(3)13(16)5/h7-10H,1-6H3,(H,18,19,20). The Bertz CT molecular complexity index is 651. The number of aryl methyl sites for hydroxylation is 2. The molecule has 0 aliphatic rings. The molecule has 2 aromatic rings. The Morgan fingerprint density at radius 1 is 1.05 bits per heavy atom. The number of hydrogen-bond acceptors (Lipinski definition) is 4. The van der Waals surface area contributed by atoms with Crippen LogP contribution in [-0.2, 0) is 0 Å². The average molecular weight is 285 g/mol. The van der Waals surface area contributed by atoms with E-state index in [1.165, 1.54) is 5.56 Å². The van der Waals surface area contributed by atoms with Gasteiger partial charge in [0.25, 0.3) is 0 Å². The molecule has 2 rings (SSSR count). The number of benzene rings is 1. The van der Waals surface area contributed by atoms with Gasteiger partial charge in [-0.25, -0.2) is 4.98 Å². The molecule has 1 N–H and O–H groups in total. The molecule has 112 valence electrons. The van der Waals surface area contributed by atoms with Crippen LogP contribution in [0.2, 0.25) is 0 Å². The smallest absolute Gasteiger partial charge is 0.224 e. The first-order valence-electron chi connectivity index (χ1n) is 7.23. The molecule has 0 saturated carbocycles. The summed E-state index contributed by atoms with van der Waals surface area (Å²) in [6, 6.07) is 6.00. The quantitative estimate of drug-likeness (QED) is 0.906. The first-order valence-corrected chi connectivity index (χ1v) is 7.23. The molecule has 1 aromatic heterocycles. The van der Waals surface area contributed by atoms with Gasteiger partial charge in [0.05, 0.1) is 0 Å². The highest BCUT2D eigenvalue weighted by Crippen LogP contribution is 2.31. The Morgan fingerprint density at radius 3 is 2.33 bits per heavy atom. The third-order valence-corrected chi connectivity index (χ3v) is 3.57. The molecule has 0 unspecified atom stereocenters. The van der Waals surface area contributed by atoms with Gasteiger partial charge in [-0.05, 0) is 37.5 Å². The van der Waals surface area contributed by atoms with Crippen molar-refractivity contribution in [3.63, 3.8) is 0 Å². The lowest BCUT2D eigenvalue weighted by atomic mass is 10.1. The van der Waals surface area contributed by atoms with E-state index in [-0.39, 0.29) is 5.92 Å². The zero-order chi connectivity index (χ0) is 15.6. The second-order valence-corrected chi connectivity index (χ2v) is 5.61. The molecule has 1 heterocycles. The van der Waals surface area contributed by atoms with Crippen LogP contribution in [0.25, 0.3) is 0 Å². The van der Waals surface area contributed by atoms with Crippen LogP contribution in [0.15, 0.2) is 18.2 Å². The molecule has 1 aromatic carbocycles. The highest BCUT2D eigenvalue weighted by atomic mass is 16.5. The van der Waals surface area contributed by atoms with E-state index in [1.807, 2.05) is 20.0 Å². The van der Waals surface area contributed by atoms with E-state index >= 15 is 0 Å². The molecular formula is C17H23N3O. The number of rotatable bonds is 4. The van der Waals surface area contributed by atoms with Crippen molar-refractivity contribution in [3.05, 3.63) is 40.7 Å². The van der Waals surface area contributed by atoms with Crippen molar-refractivity contribution in [2.75, 3.05) is 12.4 Å². The third-order valence-electron chi connectivity index (χ3n) is 3.57. The summed E-state index contributed by atoms with van der Waals surface area (Å²) in [5, 5.41) is 3.06. The van der Waals surface area contributed by atoms with E-state index in [0.717, 1.165) is 28.5 Å². The van der Waals surface area contributed by atoms with Gasteiger partial charge in [0.2, 0.25) is 5.88 Å². The lowest BCUT2D eigenvalue weighted by molar-refractivity contribution is 0.450. The van der Waals surface area contributed by atoms with Crippen LogP contribution in [0.3, 0.4) is 0 Å². The van der Waals surface area contributed by atoms with Crippen LogP contribution in [0.1, 0.15) is 42.3 Å². The van der Waals surface area contributed by atoms with Gasteiger partial charge < -0.3 is 10.1 Å². The summed E-state index contributed by atoms with van der Waals surface area (Å²) in [4.78, 5) is 8.97. The van der Waals surface area contributed by atoms with E-state index in [1.54, 1.807) is 0 Å². The van der Waals surface area contributed by atoms with E-state index in [9.17, 15) is 0 Å². The minimum atomic E-state index is 0.250. The van der Waals surface area contributed by atoms with Crippen molar-refractivity contribution < 1.29 is 4.74 Å². The van der Waals surface area contributed by atoms with E-state index in [4.69, 9.17) is 4.74 Å². The van der Waals surface area contributed by atoms with Crippen molar-refractivity contribution in [3.8, 4) is 11.6 Å². The summed E-state index contributed by atoms with van der Waals surface area (Å²) >= 11 is 0. The molecule has 0 radical (unpaired) electrons. The number of ether oxygens (including phenoxy) is 1. The van der Waals surface area contributed by atoms with Gasteiger partial charge in [-0.2, -0.15) is 4.98 Å². The van der Waals surface area contributed by atoms with E-state index in [2.05, 4.69) is 55.1 Å². The van der Waals surface area contributed by atoms with Gasteiger partial charge in [-0.1, -0.05) is 26.0 Å². The van der Waals surface area contributed by atoms with Crippen molar-refractivity contribution in [2.45, 2.75) is 40.5 Å². The summed E-state index contributed by atoms with van der Waals surface area (Å²) in [6.07, 6.45) is 0. The van der Waals surface area contributed by atoms with Gasteiger partial charge in [-0.3, -0.25) is 0 Å². The molecule has 21 heavy (non-hydrogen) atoms. The van der Waals surface area contributed by atoms with Gasteiger partial charge in [0.1, 0.15) is 17.4 Å². The molecule has 0 atom stereocenters. The van der Waals surface area contributed by atoms with Crippen LogP contribution >= 0.6 is 0 Å². The fourth-order valence-corrected chi connectivity index (χ4v) is 2.07. The summed E-state index contributed by atoms with van der Waals surface area (Å²) in [5.74, 6) is 3.26. The van der Waals surface area contributed by atoms with E-state index < -0.39 is 0 Å². The third kappa shape index (κ3) is 3.32. The molecule has 0 aliphatic carbocycles. The Balaban J connectivity index is 2.44. The van der Waals surface area contributed by atoms with Gasteiger partial charge >= 0.3 is 0 Å². The Hall–Kier alpha value is -2.10. The van der Waals surface area contributed by atoms with Crippen LogP contribution < -0.4 is 10.1 Å². The molecule has 0 aliphatic heterocycles. The monoisotopic (exact) mass is 285 g/mol. The van der Waals surface area contributed by atoms with Crippen LogP contribution in [0.4, 0.5) is 5.82 Å². The van der Waals surface area contributed by atoms with Crippen LogP contribution in [-0.4, -0.2) is 17.0 Å². The fraction of sp³-hybridized carbons (Fsp3) is 0.412. The summed E-state index contributed by atoms with van der Waals surface area (Å²) in [7, 11) is 1.85. The first-order chi connectivity index (χ1) is 9.92. The predicted octanol–water partition coefficient (Wildman–Crippen LogP) is 4.36. The maximum absolute atomic E-state index is 6.06. The zero-order valence-corrected chi connectivity index (χ0v) is 13.6. The molecule has 0 bridgehead atoms. The van der Waals surface area contributed by atoms with Crippen molar-refractivity contribution in [2.24, 2.45) is 0 Å². The number of hydrogen-bond donors (Lipinski definition) is 1. The van der Waals surface area contributed by atoms with Gasteiger partial charge in [0, 0.05) is 19.0 Å². The van der Waals surface area contributed by atoms with Crippen molar-refractivity contribution in [1.82, 2.24) is 9.97 Å². The molecular weight excluding hydrogens is 262 g/mol. The molecule has 4 nitrogen and oxygen atoms in total. The van der Waals surface area contributed by atoms with Crippen LogP contribution in [0.5, 0.6) is 11.6 Å². The Kier molecular flexibility index (Phi) is 4.46. The summed E-state index contributed by atoms with van der Waals surface area (Å²) < 4.78 is 6.06. The number of aromatic nitrogens is 2. The average Bonchev–Trinajstić information content (AvgIpc) is 2.47. The molecule has 0 saturated heterocycles. The van der Waals surface area contributed by atoms with Crippen molar-refractivity contribution >= 4 is 5.82 Å². The van der Waals surface area contributed by atoms with Crippen LogP contribution in [0, 0.1) is 20.8 Å². The van der Waals surface area contributed by atoms with Gasteiger partial charge in [-0.15, -0.1) is 0 Å². The number of anilines is 1. The number of nitrogens with zero attached hydrogens (tertiary/aromatic N) is 2. The predicted molar refractivity (Wildman–Crippen MR) is 86.4 cm³/mol. The Morgan fingerprint density at radius 2 is 1.71 bits per heavy atom. The lowest BCUT2D eigenvalue weighted by Gasteiger charge is -2.15. The van der Waals surface area contributed by atoms with Gasteiger partial charge in [0.15, 0.2) is 0 Å². The van der Waals surface area contributed by atoms with E-state index in [0.29, 0.717) is 5.88 Å². The summed E-state index contributed by atoms with van der Waals surface area (Å²) in [5.41, 5.74) is 3.46. The second kappa shape index (κ2) is 6.12. The second-order valence-electron chi connectivity index (χ2n) is 5.61. The molecule has 0 amide bonds. The highest BCUT2D eigenvalue weighted by Gasteiger charge is 2.12. The SMILES string of the molecule is CNc1cc(Oc2c(C)ccc(C)c2C)nc(C(C)C)n1. The maximum Gasteiger partial charge on any atom is 0.224 e. The fourth-order valence-electron chi connectivity index (χ4n) is 2.07.